The molecule has 3 heteroatoms. The molecule has 0 spiro atoms. The van der Waals surface area contributed by atoms with Gasteiger partial charge in [-0.25, -0.2) is 0 Å². The summed E-state index contributed by atoms with van der Waals surface area (Å²) in [4.78, 5) is 0. The van der Waals surface area contributed by atoms with Crippen LogP contribution in [0.15, 0.2) is 16.6 Å². The van der Waals surface area contributed by atoms with E-state index < -0.39 is 0 Å². The molecule has 0 saturated heterocycles. The summed E-state index contributed by atoms with van der Waals surface area (Å²) in [5.41, 5.74) is 2.80. The highest BCUT2D eigenvalue weighted by atomic mass is 79.9. The predicted octanol–water partition coefficient (Wildman–Crippen LogP) is 3.95. The van der Waals surface area contributed by atoms with Gasteiger partial charge >= 0.3 is 0 Å². The second kappa shape index (κ2) is 6.48. The normalized spacial score (nSPS) is 24.1. The van der Waals surface area contributed by atoms with Crippen LogP contribution in [0.5, 0.6) is 5.75 Å². The van der Waals surface area contributed by atoms with Crippen LogP contribution in [0.1, 0.15) is 37.3 Å². The Hall–Kier alpha value is -0.540. The Balaban J connectivity index is 1.63. The van der Waals surface area contributed by atoms with Crippen LogP contribution in [0, 0.1) is 11.8 Å². The van der Waals surface area contributed by atoms with Gasteiger partial charge in [0.15, 0.2) is 0 Å². The first-order chi connectivity index (χ1) is 9.78. The van der Waals surface area contributed by atoms with E-state index in [1.54, 1.807) is 0 Å². The van der Waals surface area contributed by atoms with Crippen LogP contribution in [-0.2, 0) is 12.8 Å². The minimum atomic E-state index is 0.835. The van der Waals surface area contributed by atoms with Gasteiger partial charge in [0.1, 0.15) is 5.75 Å². The van der Waals surface area contributed by atoms with Gasteiger partial charge in [-0.15, -0.1) is 0 Å². The first kappa shape index (κ1) is 14.4. The summed E-state index contributed by atoms with van der Waals surface area (Å²) in [6, 6.07) is 4.48. The lowest BCUT2D eigenvalue weighted by atomic mass is 9.70. The summed E-state index contributed by atoms with van der Waals surface area (Å²) in [6.45, 7) is 5.42. The topological polar surface area (TPSA) is 21.3 Å². The molecule has 0 radical (unpaired) electrons. The Morgan fingerprint density at radius 2 is 2.15 bits per heavy atom. The zero-order chi connectivity index (χ0) is 13.9. The molecule has 1 aliphatic carbocycles. The number of rotatable bonds is 6. The number of nitrogens with one attached hydrogen (secondary N) is 1. The Kier molecular flexibility index (Phi) is 4.67. The van der Waals surface area contributed by atoms with Crippen LogP contribution in [0.25, 0.3) is 0 Å². The number of hydrogen-bond acceptors (Lipinski definition) is 2. The molecule has 1 aromatic carbocycles. The van der Waals surface area contributed by atoms with Gasteiger partial charge in [-0.3, -0.25) is 0 Å². The highest BCUT2D eigenvalue weighted by molar-refractivity contribution is 9.10. The van der Waals surface area contributed by atoms with Crippen LogP contribution in [0.4, 0.5) is 0 Å². The van der Waals surface area contributed by atoms with E-state index in [0.29, 0.717) is 0 Å². The van der Waals surface area contributed by atoms with E-state index in [9.17, 15) is 0 Å². The van der Waals surface area contributed by atoms with Crippen molar-refractivity contribution >= 4 is 15.9 Å². The van der Waals surface area contributed by atoms with E-state index in [-0.39, 0.29) is 0 Å². The van der Waals surface area contributed by atoms with Gasteiger partial charge in [0, 0.05) is 10.9 Å². The molecule has 2 unspecified atom stereocenters. The standard InChI is InChI=1S/C17H24BrNO/c1-2-6-19-11-14-4-3-12(14)8-15-10-16(18)9-13-5-7-20-17(13)15/h9-10,12,14,19H,2-8,11H2,1H3. The molecule has 1 N–H and O–H groups in total. The van der Waals surface area contributed by atoms with E-state index >= 15 is 0 Å². The lowest BCUT2D eigenvalue weighted by Crippen LogP contribution is -2.36. The van der Waals surface area contributed by atoms with Gasteiger partial charge in [0.2, 0.25) is 0 Å². The fraction of sp³-hybridized carbons (Fsp3) is 0.647. The van der Waals surface area contributed by atoms with Crippen LogP contribution in [0.2, 0.25) is 0 Å². The first-order valence-corrected chi connectivity index (χ1v) is 8.72. The Bertz CT molecular complexity index is 474. The maximum Gasteiger partial charge on any atom is 0.125 e. The SMILES string of the molecule is CCCNCC1CCC1Cc1cc(Br)cc2c1OCC2. The fourth-order valence-corrected chi connectivity index (χ4v) is 3.97. The van der Waals surface area contributed by atoms with Crippen molar-refractivity contribution in [1.29, 1.82) is 0 Å². The third-order valence-electron chi connectivity index (χ3n) is 4.72. The molecule has 110 valence electrons. The smallest absolute Gasteiger partial charge is 0.125 e. The van der Waals surface area contributed by atoms with Crippen LogP contribution < -0.4 is 10.1 Å². The van der Waals surface area contributed by atoms with E-state index in [4.69, 9.17) is 4.74 Å². The van der Waals surface area contributed by atoms with Crippen molar-refractivity contribution in [2.24, 2.45) is 11.8 Å². The van der Waals surface area contributed by atoms with Crippen molar-refractivity contribution in [3.63, 3.8) is 0 Å². The van der Waals surface area contributed by atoms with Crippen molar-refractivity contribution in [2.45, 2.75) is 39.0 Å². The van der Waals surface area contributed by atoms with Gasteiger partial charge in [-0.1, -0.05) is 22.9 Å². The molecule has 0 aromatic heterocycles. The maximum absolute atomic E-state index is 5.85. The monoisotopic (exact) mass is 337 g/mol. The third kappa shape index (κ3) is 3.04. The second-order valence-corrected chi connectivity index (χ2v) is 7.07. The lowest BCUT2D eigenvalue weighted by Gasteiger charge is -2.37. The Morgan fingerprint density at radius 1 is 1.30 bits per heavy atom. The van der Waals surface area contributed by atoms with Gasteiger partial charge < -0.3 is 10.1 Å². The van der Waals surface area contributed by atoms with Crippen molar-refractivity contribution < 1.29 is 4.74 Å². The van der Waals surface area contributed by atoms with Gasteiger partial charge in [-0.2, -0.15) is 0 Å². The molecule has 20 heavy (non-hydrogen) atoms. The predicted molar refractivity (Wildman–Crippen MR) is 86.4 cm³/mol. The average Bonchev–Trinajstić information content (AvgIpc) is 2.87. The highest BCUT2D eigenvalue weighted by Crippen LogP contribution is 2.41. The minimum absolute atomic E-state index is 0.835. The van der Waals surface area contributed by atoms with Crippen molar-refractivity contribution in [2.75, 3.05) is 19.7 Å². The van der Waals surface area contributed by atoms with Crippen LogP contribution in [-0.4, -0.2) is 19.7 Å². The summed E-state index contributed by atoms with van der Waals surface area (Å²) in [6.07, 6.45) is 6.23. The van der Waals surface area contributed by atoms with Crippen LogP contribution in [0.3, 0.4) is 0 Å². The van der Waals surface area contributed by atoms with Crippen molar-refractivity contribution in [1.82, 2.24) is 5.32 Å². The summed E-state index contributed by atoms with van der Waals surface area (Å²) < 4.78 is 7.06. The molecule has 2 aliphatic rings. The molecular formula is C17H24BrNO. The third-order valence-corrected chi connectivity index (χ3v) is 5.17. The molecule has 1 fully saturated rings. The van der Waals surface area contributed by atoms with E-state index in [0.717, 1.165) is 31.4 Å². The van der Waals surface area contributed by atoms with E-state index in [1.807, 2.05) is 0 Å². The molecule has 1 heterocycles. The fourth-order valence-electron chi connectivity index (χ4n) is 3.42. The zero-order valence-electron chi connectivity index (χ0n) is 12.3. The van der Waals surface area contributed by atoms with Crippen molar-refractivity contribution in [3.05, 3.63) is 27.7 Å². The molecular weight excluding hydrogens is 314 g/mol. The van der Waals surface area contributed by atoms with E-state index in [2.05, 4.69) is 40.3 Å². The Morgan fingerprint density at radius 3 is 2.90 bits per heavy atom. The molecule has 1 aliphatic heterocycles. The Labute approximate surface area is 130 Å². The minimum Gasteiger partial charge on any atom is -0.493 e. The number of hydrogen-bond donors (Lipinski definition) is 1. The summed E-state index contributed by atoms with van der Waals surface area (Å²) >= 11 is 3.64. The van der Waals surface area contributed by atoms with Crippen LogP contribution >= 0.6 is 15.9 Å². The summed E-state index contributed by atoms with van der Waals surface area (Å²) in [7, 11) is 0. The number of benzene rings is 1. The molecule has 0 amide bonds. The molecule has 0 bridgehead atoms. The first-order valence-electron chi connectivity index (χ1n) is 7.92. The molecule has 1 aromatic rings. The summed E-state index contributed by atoms with van der Waals surface area (Å²) in [5.74, 6) is 2.87. The largest absolute Gasteiger partial charge is 0.493 e. The quantitative estimate of drug-likeness (QED) is 0.793. The number of ether oxygens (including phenoxy) is 1. The van der Waals surface area contributed by atoms with E-state index in [1.165, 1.54) is 53.6 Å². The van der Waals surface area contributed by atoms with Gasteiger partial charge in [-0.05, 0) is 73.9 Å². The lowest BCUT2D eigenvalue weighted by molar-refractivity contribution is 0.170. The number of fused-ring (bicyclic) bond motifs is 1. The van der Waals surface area contributed by atoms with Crippen molar-refractivity contribution in [3.8, 4) is 5.75 Å². The maximum atomic E-state index is 5.85. The molecule has 2 nitrogen and oxygen atoms in total. The second-order valence-electron chi connectivity index (χ2n) is 6.16. The number of halogens is 1. The van der Waals surface area contributed by atoms with Gasteiger partial charge in [0.25, 0.3) is 0 Å². The average molecular weight is 338 g/mol. The molecule has 2 atom stereocenters. The zero-order valence-corrected chi connectivity index (χ0v) is 13.8. The molecule has 3 rings (SSSR count). The molecule has 1 saturated carbocycles. The summed E-state index contributed by atoms with van der Waals surface area (Å²) in [5, 5.41) is 3.58. The van der Waals surface area contributed by atoms with Gasteiger partial charge in [0.05, 0.1) is 6.61 Å². The highest BCUT2D eigenvalue weighted by Gasteiger charge is 2.31.